The van der Waals surface area contributed by atoms with Crippen molar-refractivity contribution in [3.8, 4) is 11.1 Å². The molecule has 17 heavy (non-hydrogen) atoms. The van der Waals surface area contributed by atoms with Crippen LogP contribution in [0.15, 0.2) is 24.3 Å². The fourth-order valence-electron chi connectivity index (χ4n) is 1.90. The Kier molecular flexibility index (Phi) is 2.95. The molecule has 0 atom stereocenters. The number of aromatic nitrogens is 2. The van der Waals surface area contributed by atoms with Crippen LogP contribution in [-0.2, 0) is 4.74 Å². The molecule has 0 radical (unpaired) electrons. The maximum atomic E-state index is 11.5. The first-order chi connectivity index (χ1) is 8.13. The fourth-order valence-corrected chi connectivity index (χ4v) is 1.90. The topological polar surface area (TPSA) is 55.0 Å². The number of ether oxygens (including phenoxy) is 1. The largest absolute Gasteiger partial charge is 0.465 e. The molecule has 4 nitrogen and oxygen atoms in total. The monoisotopic (exact) mass is 230 g/mol. The second-order valence-electron chi connectivity index (χ2n) is 3.88. The van der Waals surface area contributed by atoms with Crippen molar-refractivity contribution in [2.24, 2.45) is 0 Å². The lowest BCUT2D eigenvalue weighted by Crippen LogP contribution is -2.00. The summed E-state index contributed by atoms with van der Waals surface area (Å²) in [6.07, 6.45) is 0. The molecule has 0 amide bonds. The van der Waals surface area contributed by atoms with Crippen LogP contribution in [0.2, 0.25) is 0 Å². The standard InChI is InChI=1S/C13H14N2O2/c1-8-12(9(2)15-14-8)10-5-4-6-11(7-10)13(16)17-3/h4-7H,1-3H3,(H,14,15). The predicted octanol–water partition coefficient (Wildman–Crippen LogP) is 2.48. The van der Waals surface area contributed by atoms with Crippen LogP contribution in [0.5, 0.6) is 0 Å². The van der Waals surface area contributed by atoms with E-state index >= 15 is 0 Å². The predicted molar refractivity (Wildman–Crippen MR) is 64.8 cm³/mol. The van der Waals surface area contributed by atoms with E-state index in [9.17, 15) is 4.79 Å². The van der Waals surface area contributed by atoms with Gasteiger partial charge in [-0.1, -0.05) is 12.1 Å². The number of carbonyl (C=O) groups excluding carboxylic acids is 1. The fraction of sp³-hybridized carbons (Fsp3) is 0.231. The van der Waals surface area contributed by atoms with E-state index in [1.54, 1.807) is 6.07 Å². The van der Waals surface area contributed by atoms with Gasteiger partial charge in [-0.3, -0.25) is 5.10 Å². The van der Waals surface area contributed by atoms with Gasteiger partial charge in [0.25, 0.3) is 0 Å². The van der Waals surface area contributed by atoms with Crippen LogP contribution in [-0.4, -0.2) is 23.3 Å². The summed E-state index contributed by atoms with van der Waals surface area (Å²) in [5.41, 5.74) is 4.46. The third-order valence-corrected chi connectivity index (χ3v) is 2.70. The van der Waals surface area contributed by atoms with Crippen molar-refractivity contribution in [1.29, 1.82) is 0 Å². The number of carbonyl (C=O) groups is 1. The van der Waals surface area contributed by atoms with Crippen LogP contribution in [0, 0.1) is 13.8 Å². The van der Waals surface area contributed by atoms with Gasteiger partial charge in [0.2, 0.25) is 0 Å². The highest BCUT2D eigenvalue weighted by Crippen LogP contribution is 2.25. The van der Waals surface area contributed by atoms with Crippen LogP contribution in [0.25, 0.3) is 11.1 Å². The van der Waals surface area contributed by atoms with Gasteiger partial charge in [0, 0.05) is 11.3 Å². The normalized spacial score (nSPS) is 10.3. The smallest absolute Gasteiger partial charge is 0.337 e. The van der Waals surface area contributed by atoms with Crippen molar-refractivity contribution in [3.63, 3.8) is 0 Å². The summed E-state index contributed by atoms with van der Waals surface area (Å²) in [6, 6.07) is 7.35. The number of H-pyrrole nitrogens is 1. The Morgan fingerprint density at radius 2 is 2.12 bits per heavy atom. The number of methoxy groups -OCH3 is 1. The zero-order valence-corrected chi connectivity index (χ0v) is 10.1. The molecular weight excluding hydrogens is 216 g/mol. The van der Waals surface area contributed by atoms with E-state index in [0.717, 1.165) is 22.5 Å². The van der Waals surface area contributed by atoms with Crippen LogP contribution in [0.1, 0.15) is 21.7 Å². The maximum Gasteiger partial charge on any atom is 0.337 e. The Bertz CT molecular complexity index is 539. The average Bonchev–Trinajstić information content (AvgIpc) is 2.68. The highest BCUT2D eigenvalue weighted by Gasteiger charge is 2.11. The maximum absolute atomic E-state index is 11.5. The molecule has 1 aromatic carbocycles. The van der Waals surface area contributed by atoms with Gasteiger partial charge in [0.1, 0.15) is 0 Å². The molecule has 0 spiro atoms. The minimum atomic E-state index is -0.328. The summed E-state index contributed by atoms with van der Waals surface area (Å²) in [5, 5.41) is 7.08. The van der Waals surface area contributed by atoms with E-state index in [-0.39, 0.29) is 5.97 Å². The molecule has 0 aliphatic heterocycles. The first-order valence-corrected chi connectivity index (χ1v) is 5.34. The number of benzene rings is 1. The van der Waals surface area contributed by atoms with E-state index in [0.29, 0.717) is 5.56 Å². The summed E-state index contributed by atoms with van der Waals surface area (Å²) >= 11 is 0. The SMILES string of the molecule is COC(=O)c1cccc(-c2c(C)n[nH]c2C)c1. The van der Waals surface area contributed by atoms with Crippen molar-refractivity contribution >= 4 is 5.97 Å². The number of esters is 1. The molecular formula is C13H14N2O2. The van der Waals surface area contributed by atoms with E-state index < -0.39 is 0 Å². The van der Waals surface area contributed by atoms with Crippen molar-refractivity contribution < 1.29 is 9.53 Å². The summed E-state index contributed by atoms with van der Waals surface area (Å²) in [6.45, 7) is 3.89. The number of rotatable bonds is 2. The summed E-state index contributed by atoms with van der Waals surface area (Å²) in [5.74, 6) is -0.328. The van der Waals surface area contributed by atoms with Gasteiger partial charge in [-0.15, -0.1) is 0 Å². The van der Waals surface area contributed by atoms with E-state index in [1.807, 2.05) is 32.0 Å². The lowest BCUT2D eigenvalue weighted by atomic mass is 10.0. The highest BCUT2D eigenvalue weighted by atomic mass is 16.5. The molecule has 2 aromatic rings. The van der Waals surface area contributed by atoms with Gasteiger partial charge >= 0.3 is 5.97 Å². The number of nitrogens with zero attached hydrogens (tertiary/aromatic N) is 1. The number of hydrogen-bond acceptors (Lipinski definition) is 3. The van der Waals surface area contributed by atoms with Crippen LogP contribution >= 0.6 is 0 Å². The Hall–Kier alpha value is -2.10. The van der Waals surface area contributed by atoms with Crippen molar-refractivity contribution in [2.45, 2.75) is 13.8 Å². The van der Waals surface area contributed by atoms with Crippen molar-refractivity contribution in [1.82, 2.24) is 10.2 Å². The lowest BCUT2D eigenvalue weighted by molar-refractivity contribution is 0.0601. The second kappa shape index (κ2) is 4.41. The third-order valence-electron chi connectivity index (χ3n) is 2.70. The molecule has 0 bridgehead atoms. The third kappa shape index (κ3) is 2.06. The molecule has 1 N–H and O–H groups in total. The zero-order chi connectivity index (χ0) is 12.4. The van der Waals surface area contributed by atoms with E-state index in [2.05, 4.69) is 10.2 Å². The minimum Gasteiger partial charge on any atom is -0.465 e. The van der Waals surface area contributed by atoms with Gasteiger partial charge in [0.15, 0.2) is 0 Å². The molecule has 1 heterocycles. The molecule has 0 aliphatic carbocycles. The van der Waals surface area contributed by atoms with Gasteiger partial charge in [0.05, 0.1) is 18.4 Å². The van der Waals surface area contributed by atoms with Crippen LogP contribution in [0.3, 0.4) is 0 Å². The number of aromatic amines is 1. The zero-order valence-electron chi connectivity index (χ0n) is 10.1. The highest BCUT2D eigenvalue weighted by molar-refractivity contribution is 5.91. The molecule has 2 rings (SSSR count). The van der Waals surface area contributed by atoms with Crippen molar-refractivity contribution in [3.05, 3.63) is 41.2 Å². The van der Waals surface area contributed by atoms with Crippen LogP contribution < -0.4 is 0 Å². The molecule has 4 heteroatoms. The number of hydrogen-bond donors (Lipinski definition) is 1. The molecule has 1 aromatic heterocycles. The Morgan fingerprint density at radius 1 is 1.35 bits per heavy atom. The van der Waals surface area contributed by atoms with E-state index in [4.69, 9.17) is 4.74 Å². The number of aryl methyl sites for hydroxylation is 2. The summed E-state index contributed by atoms with van der Waals surface area (Å²) in [7, 11) is 1.38. The van der Waals surface area contributed by atoms with Gasteiger partial charge in [-0.2, -0.15) is 5.10 Å². The molecule has 0 fully saturated rings. The first-order valence-electron chi connectivity index (χ1n) is 5.34. The number of nitrogens with one attached hydrogen (secondary N) is 1. The molecule has 0 unspecified atom stereocenters. The Morgan fingerprint density at radius 3 is 2.71 bits per heavy atom. The molecule has 0 saturated carbocycles. The lowest BCUT2D eigenvalue weighted by Gasteiger charge is -2.04. The minimum absolute atomic E-state index is 0.328. The van der Waals surface area contributed by atoms with Crippen LogP contribution in [0.4, 0.5) is 0 Å². The van der Waals surface area contributed by atoms with Gasteiger partial charge < -0.3 is 4.74 Å². The van der Waals surface area contributed by atoms with Gasteiger partial charge in [-0.25, -0.2) is 4.79 Å². The Labute approximate surface area is 99.6 Å². The van der Waals surface area contributed by atoms with Gasteiger partial charge in [-0.05, 0) is 31.5 Å². The average molecular weight is 230 g/mol. The first kappa shape index (κ1) is 11.4. The second-order valence-corrected chi connectivity index (χ2v) is 3.88. The summed E-state index contributed by atoms with van der Waals surface area (Å²) in [4.78, 5) is 11.5. The molecule has 0 aliphatic rings. The molecule has 0 saturated heterocycles. The Balaban J connectivity index is 2.50. The summed E-state index contributed by atoms with van der Waals surface area (Å²) < 4.78 is 4.71. The quantitative estimate of drug-likeness (QED) is 0.806. The molecule has 88 valence electrons. The van der Waals surface area contributed by atoms with E-state index in [1.165, 1.54) is 7.11 Å². The van der Waals surface area contributed by atoms with Crippen molar-refractivity contribution in [2.75, 3.05) is 7.11 Å².